The van der Waals surface area contributed by atoms with Crippen LogP contribution in [0.25, 0.3) is 0 Å². The number of carboxylic acid groups (broad SMARTS) is 1. The fraction of sp³-hybridized carbons (Fsp3) is 0.312. The van der Waals surface area contributed by atoms with Crippen molar-refractivity contribution in [1.29, 1.82) is 0 Å². The van der Waals surface area contributed by atoms with Crippen molar-refractivity contribution in [3.8, 4) is 11.8 Å². The van der Waals surface area contributed by atoms with Crippen LogP contribution in [0.2, 0.25) is 0 Å². The van der Waals surface area contributed by atoms with Gasteiger partial charge in [-0.1, -0.05) is 42.2 Å². The number of allylic oxidation sites excluding steroid dienone is 1. The van der Waals surface area contributed by atoms with Gasteiger partial charge in [-0.3, -0.25) is 0 Å². The van der Waals surface area contributed by atoms with Crippen molar-refractivity contribution in [2.24, 2.45) is 0 Å². The Morgan fingerprint density at radius 2 is 2.00 bits per heavy atom. The normalized spacial score (nSPS) is 14.2. The largest absolute Gasteiger partial charge is 0.478 e. The standard InChI is InChI=1S/C16H16O2/c17-16(18)15-12-6-11-14(15)10-5-4-9-13-7-2-1-3-8-13/h1-3,7-8H,4,6,9,11-12H2,(H,17,18). The summed E-state index contributed by atoms with van der Waals surface area (Å²) in [6.07, 6.45) is 4.10. The molecule has 0 fully saturated rings. The van der Waals surface area contributed by atoms with E-state index >= 15 is 0 Å². The van der Waals surface area contributed by atoms with Gasteiger partial charge in [0, 0.05) is 17.6 Å². The summed E-state index contributed by atoms with van der Waals surface area (Å²) < 4.78 is 0. The number of benzene rings is 1. The van der Waals surface area contributed by atoms with Crippen LogP contribution in [0.1, 0.15) is 31.2 Å². The molecule has 0 amide bonds. The van der Waals surface area contributed by atoms with Gasteiger partial charge in [-0.15, -0.1) is 0 Å². The third-order valence-corrected chi connectivity index (χ3v) is 3.10. The zero-order valence-electron chi connectivity index (χ0n) is 10.3. The minimum Gasteiger partial charge on any atom is -0.478 e. The lowest BCUT2D eigenvalue weighted by Crippen LogP contribution is -1.98. The summed E-state index contributed by atoms with van der Waals surface area (Å²) in [6.45, 7) is 0. The molecule has 0 aliphatic heterocycles. The van der Waals surface area contributed by atoms with E-state index in [1.54, 1.807) is 0 Å². The van der Waals surface area contributed by atoms with Gasteiger partial charge in [0.05, 0.1) is 0 Å². The Kier molecular flexibility index (Phi) is 4.20. The lowest BCUT2D eigenvalue weighted by molar-refractivity contribution is -0.132. The van der Waals surface area contributed by atoms with Crippen molar-refractivity contribution in [3.63, 3.8) is 0 Å². The van der Waals surface area contributed by atoms with E-state index < -0.39 is 5.97 Å². The topological polar surface area (TPSA) is 37.3 Å². The number of aliphatic carboxylic acids is 1. The molecule has 0 atom stereocenters. The highest BCUT2D eigenvalue weighted by Crippen LogP contribution is 2.25. The number of hydrogen-bond donors (Lipinski definition) is 1. The lowest BCUT2D eigenvalue weighted by Gasteiger charge is -1.95. The molecule has 2 rings (SSSR count). The molecule has 0 spiro atoms. The van der Waals surface area contributed by atoms with Crippen molar-refractivity contribution in [2.75, 3.05) is 0 Å². The van der Waals surface area contributed by atoms with Crippen LogP contribution in [0.15, 0.2) is 41.5 Å². The lowest BCUT2D eigenvalue weighted by atomic mass is 10.1. The maximum absolute atomic E-state index is 10.9. The van der Waals surface area contributed by atoms with Crippen molar-refractivity contribution >= 4 is 5.97 Å². The second-order valence-electron chi connectivity index (χ2n) is 4.40. The van der Waals surface area contributed by atoms with Crippen LogP contribution in [0, 0.1) is 11.8 Å². The van der Waals surface area contributed by atoms with Gasteiger partial charge in [0.15, 0.2) is 0 Å². The van der Waals surface area contributed by atoms with Gasteiger partial charge >= 0.3 is 5.97 Å². The maximum atomic E-state index is 10.9. The van der Waals surface area contributed by atoms with Gasteiger partial charge in [0.1, 0.15) is 0 Å². The first kappa shape index (κ1) is 12.4. The zero-order valence-corrected chi connectivity index (χ0v) is 10.3. The van der Waals surface area contributed by atoms with E-state index in [2.05, 4.69) is 24.0 Å². The summed E-state index contributed by atoms with van der Waals surface area (Å²) in [6, 6.07) is 10.2. The van der Waals surface area contributed by atoms with Crippen molar-refractivity contribution < 1.29 is 9.90 Å². The Hall–Kier alpha value is -2.01. The predicted octanol–water partition coefficient (Wildman–Crippen LogP) is 3.19. The molecule has 0 radical (unpaired) electrons. The highest BCUT2D eigenvalue weighted by molar-refractivity contribution is 5.89. The number of aryl methyl sites for hydroxylation is 1. The molecular weight excluding hydrogens is 224 g/mol. The SMILES string of the molecule is O=C(O)C1=C(C#CCCc2ccccc2)CCC1. The Morgan fingerprint density at radius 3 is 2.72 bits per heavy atom. The van der Waals surface area contributed by atoms with E-state index in [0.717, 1.165) is 31.3 Å². The van der Waals surface area contributed by atoms with Crippen molar-refractivity contribution in [1.82, 2.24) is 0 Å². The molecule has 0 bridgehead atoms. The monoisotopic (exact) mass is 240 g/mol. The van der Waals surface area contributed by atoms with Crippen LogP contribution in [0.4, 0.5) is 0 Å². The molecule has 0 aromatic heterocycles. The van der Waals surface area contributed by atoms with Gasteiger partial charge in [0.2, 0.25) is 0 Å². The van der Waals surface area contributed by atoms with Gasteiger partial charge in [-0.05, 0) is 31.2 Å². The number of hydrogen-bond acceptors (Lipinski definition) is 1. The minimum atomic E-state index is -0.806. The Balaban J connectivity index is 1.93. The molecule has 1 N–H and O–H groups in total. The number of rotatable bonds is 3. The third-order valence-electron chi connectivity index (χ3n) is 3.10. The van der Waals surface area contributed by atoms with Crippen LogP contribution in [-0.2, 0) is 11.2 Å². The average Bonchev–Trinajstić information content (AvgIpc) is 2.84. The molecule has 1 aliphatic rings. The molecule has 1 aromatic carbocycles. The van der Waals surface area contributed by atoms with Crippen LogP contribution in [0.5, 0.6) is 0 Å². The summed E-state index contributed by atoms with van der Waals surface area (Å²) in [5.74, 6) is 5.32. The van der Waals surface area contributed by atoms with Gasteiger partial charge in [-0.25, -0.2) is 4.79 Å². The Labute approximate surface area is 107 Å². The molecule has 18 heavy (non-hydrogen) atoms. The van der Waals surface area contributed by atoms with Crippen molar-refractivity contribution in [2.45, 2.75) is 32.1 Å². The summed E-state index contributed by atoms with van der Waals surface area (Å²) >= 11 is 0. The van der Waals surface area contributed by atoms with E-state index in [4.69, 9.17) is 5.11 Å². The Morgan fingerprint density at radius 1 is 1.22 bits per heavy atom. The molecule has 2 nitrogen and oxygen atoms in total. The van der Waals surface area contributed by atoms with Gasteiger partial charge in [-0.2, -0.15) is 0 Å². The average molecular weight is 240 g/mol. The molecule has 0 saturated heterocycles. The van der Waals surface area contributed by atoms with Crippen molar-refractivity contribution in [3.05, 3.63) is 47.0 Å². The second kappa shape index (κ2) is 6.07. The quantitative estimate of drug-likeness (QED) is 0.824. The van der Waals surface area contributed by atoms with Crippen LogP contribution >= 0.6 is 0 Å². The van der Waals surface area contributed by atoms with E-state index in [-0.39, 0.29) is 0 Å². The summed E-state index contributed by atoms with van der Waals surface area (Å²) in [4.78, 5) is 10.9. The first-order valence-electron chi connectivity index (χ1n) is 6.25. The number of carboxylic acids is 1. The molecule has 1 aromatic rings. The van der Waals surface area contributed by atoms with E-state index in [1.807, 2.05) is 18.2 Å². The summed E-state index contributed by atoms with van der Waals surface area (Å²) in [5, 5.41) is 8.99. The highest BCUT2D eigenvalue weighted by atomic mass is 16.4. The molecule has 0 heterocycles. The molecule has 0 unspecified atom stereocenters. The maximum Gasteiger partial charge on any atom is 0.332 e. The van der Waals surface area contributed by atoms with E-state index in [9.17, 15) is 4.79 Å². The summed E-state index contributed by atoms with van der Waals surface area (Å²) in [5.41, 5.74) is 2.61. The second-order valence-corrected chi connectivity index (χ2v) is 4.40. The first-order chi connectivity index (χ1) is 8.77. The fourth-order valence-electron chi connectivity index (χ4n) is 2.14. The third kappa shape index (κ3) is 3.24. The minimum absolute atomic E-state index is 0.516. The highest BCUT2D eigenvalue weighted by Gasteiger charge is 2.18. The first-order valence-corrected chi connectivity index (χ1v) is 6.25. The van der Waals surface area contributed by atoms with Crippen LogP contribution in [0.3, 0.4) is 0 Å². The zero-order chi connectivity index (χ0) is 12.8. The smallest absolute Gasteiger partial charge is 0.332 e. The molecule has 92 valence electrons. The van der Waals surface area contributed by atoms with E-state index in [1.165, 1.54) is 5.56 Å². The fourth-order valence-corrected chi connectivity index (χ4v) is 2.14. The van der Waals surface area contributed by atoms with Gasteiger partial charge < -0.3 is 5.11 Å². The van der Waals surface area contributed by atoms with Gasteiger partial charge in [0.25, 0.3) is 0 Å². The van der Waals surface area contributed by atoms with Crippen LogP contribution in [-0.4, -0.2) is 11.1 Å². The number of carbonyl (C=O) groups is 1. The predicted molar refractivity (Wildman–Crippen MR) is 71.1 cm³/mol. The van der Waals surface area contributed by atoms with E-state index in [0.29, 0.717) is 12.0 Å². The molecule has 0 saturated carbocycles. The Bertz CT molecular complexity index is 515. The molecular formula is C16H16O2. The van der Waals surface area contributed by atoms with Crippen LogP contribution < -0.4 is 0 Å². The molecule has 2 heteroatoms. The molecule has 1 aliphatic carbocycles. The summed E-state index contributed by atoms with van der Waals surface area (Å²) in [7, 11) is 0.